The molecule has 0 heterocycles. The van der Waals surface area contributed by atoms with Crippen LogP contribution in [0.25, 0.3) is 0 Å². The van der Waals surface area contributed by atoms with Gasteiger partial charge in [-0.05, 0) is 50.4 Å². The maximum Gasteiger partial charge on any atom is 0.165 e. The first kappa shape index (κ1) is 20.4. The molecule has 0 saturated heterocycles. The van der Waals surface area contributed by atoms with Gasteiger partial charge in [0, 0.05) is 23.7 Å². The van der Waals surface area contributed by atoms with Crippen molar-refractivity contribution in [2.75, 3.05) is 0 Å². The Labute approximate surface area is 164 Å². The smallest absolute Gasteiger partial charge is 0.165 e. The van der Waals surface area contributed by atoms with Crippen LogP contribution in [0, 0.1) is 28.6 Å². The molecule has 7 heteroatoms. The van der Waals surface area contributed by atoms with E-state index in [0.29, 0.717) is 12.8 Å². The summed E-state index contributed by atoms with van der Waals surface area (Å²) in [5.74, 6) is -1.33. The zero-order valence-electron chi connectivity index (χ0n) is 16.8. The molecule has 0 amide bonds. The van der Waals surface area contributed by atoms with Crippen molar-refractivity contribution >= 4 is 11.6 Å². The molecular weight excluding hydrogens is 364 g/mol. The summed E-state index contributed by atoms with van der Waals surface area (Å²) in [6.45, 7) is 4.95. The largest absolute Gasteiger partial charge is 0.390 e. The number of carbonyl (C=O) groups is 2. The number of fused-ring (bicyclic) bond motifs is 5. The molecule has 0 aliphatic heterocycles. The predicted molar refractivity (Wildman–Crippen MR) is 98.0 cm³/mol. The van der Waals surface area contributed by atoms with E-state index < -0.39 is 46.1 Å². The molecule has 4 saturated carbocycles. The first-order valence-electron chi connectivity index (χ1n) is 10.4. The molecule has 7 nitrogen and oxygen atoms in total. The summed E-state index contributed by atoms with van der Waals surface area (Å²) < 4.78 is 0. The van der Waals surface area contributed by atoms with Gasteiger partial charge < -0.3 is 25.5 Å². The summed E-state index contributed by atoms with van der Waals surface area (Å²) in [6, 6.07) is 0. The Hall–Kier alpha value is -0.860. The Morgan fingerprint density at radius 3 is 2.21 bits per heavy atom. The van der Waals surface area contributed by atoms with E-state index in [4.69, 9.17) is 0 Å². The zero-order chi connectivity index (χ0) is 20.9. The number of carbonyl (C=O) groups excluding carboxylic acids is 2. The van der Waals surface area contributed by atoms with Crippen molar-refractivity contribution in [3.05, 3.63) is 0 Å². The van der Waals surface area contributed by atoms with Gasteiger partial charge in [-0.25, -0.2) is 0 Å². The number of aliphatic hydroxyl groups excluding tert-OH is 3. The highest BCUT2D eigenvalue weighted by atomic mass is 16.4. The average Bonchev–Trinajstić information content (AvgIpc) is 2.81. The van der Waals surface area contributed by atoms with E-state index in [1.165, 1.54) is 6.92 Å². The third kappa shape index (κ3) is 2.12. The lowest BCUT2D eigenvalue weighted by Crippen LogP contribution is -2.70. The van der Waals surface area contributed by atoms with Gasteiger partial charge in [0.25, 0.3) is 0 Å². The average molecular weight is 396 g/mol. The topological polar surface area (TPSA) is 135 Å². The minimum Gasteiger partial charge on any atom is -0.390 e. The molecule has 28 heavy (non-hydrogen) atoms. The molecule has 0 radical (unpaired) electrons. The molecule has 10 atom stereocenters. The summed E-state index contributed by atoms with van der Waals surface area (Å²) in [5, 5.41) is 53.5. The second-order valence-electron chi connectivity index (χ2n) is 10.4. The molecule has 5 N–H and O–H groups in total. The SMILES string of the molecule is CC(=O)[C@@]1(O)[C@@H](O)C[C@H]2[C@@H]3CC(=O)[C@@]4(O)C[C@H](O)[C@H](O)C[C@]4(C)[C@H]3CC[C@@]21C. The van der Waals surface area contributed by atoms with Crippen LogP contribution in [0.5, 0.6) is 0 Å². The second kappa shape index (κ2) is 5.85. The lowest BCUT2D eigenvalue weighted by molar-refractivity contribution is -0.234. The van der Waals surface area contributed by atoms with Gasteiger partial charge in [-0.3, -0.25) is 9.59 Å². The van der Waals surface area contributed by atoms with E-state index in [2.05, 4.69) is 0 Å². The van der Waals surface area contributed by atoms with Gasteiger partial charge >= 0.3 is 0 Å². The van der Waals surface area contributed by atoms with Crippen LogP contribution in [-0.2, 0) is 9.59 Å². The van der Waals surface area contributed by atoms with Crippen molar-refractivity contribution < 1.29 is 35.1 Å². The molecule has 0 aromatic heterocycles. The van der Waals surface area contributed by atoms with E-state index in [-0.39, 0.29) is 49.2 Å². The molecule has 0 aromatic rings. The number of hydrogen-bond donors (Lipinski definition) is 5. The highest BCUT2D eigenvalue weighted by Gasteiger charge is 2.73. The quantitative estimate of drug-likeness (QED) is 0.419. The summed E-state index contributed by atoms with van der Waals surface area (Å²) in [7, 11) is 0. The van der Waals surface area contributed by atoms with Crippen molar-refractivity contribution in [3.63, 3.8) is 0 Å². The van der Waals surface area contributed by atoms with Gasteiger partial charge in [0.1, 0.15) is 5.60 Å². The maximum absolute atomic E-state index is 13.1. The fraction of sp³-hybridized carbons (Fsp3) is 0.905. The number of ketones is 2. The maximum atomic E-state index is 13.1. The molecule has 4 rings (SSSR count). The van der Waals surface area contributed by atoms with E-state index in [1.54, 1.807) is 0 Å². The normalized spacial score (nSPS) is 58.6. The minimum atomic E-state index is -1.83. The highest BCUT2D eigenvalue weighted by Crippen LogP contribution is 2.68. The Morgan fingerprint density at radius 1 is 1.00 bits per heavy atom. The number of aliphatic hydroxyl groups is 5. The molecule has 158 valence electrons. The van der Waals surface area contributed by atoms with Crippen LogP contribution in [0.15, 0.2) is 0 Å². The standard InChI is InChI=1S/C21H32O7/c1-10(22)21(28)17(26)7-13-11-6-16(25)20(27)9-15(24)14(23)8-19(20,3)12(11)4-5-18(13,21)2/h11-15,17,23-24,26-28H,4-9H2,1-3H3/t11-,12+,13+,14-,15+,17+,18+,19-,20+,21-/m1/s1. The first-order chi connectivity index (χ1) is 12.8. The predicted octanol–water partition coefficient (Wildman–Crippen LogP) is -0.0544. The van der Waals surface area contributed by atoms with Crippen molar-refractivity contribution in [2.45, 2.75) is 88.8 Å². The summed E-state index contributed by atoms with van der Waals surface area (Å²) in [6.07, 6.45) is -1.96. The van der Waals surface area contributed by atoms with Gasteiger partial charge in [-0.1, -0.05) is 13.8 Å². The minimum absolute atomic E-state index is 0.0978. The molecule has 0 unspecified atom stereocenters. The van der Waals surface area contributed by atoms with Crippen LogP contribution < -0.4 is 0 Å². The Bertz CT molecular complexity index is 724. The fourth-order valence-electron chi connectivity index (χ4n) is 7.70. The van der Waals surface area contributed by atoms with Crippen molar-refractivity contribution in [3.8, 4) is 0 Å². The second-order valence-corrected chi connectivity index (χ2v) is 10.4. The van der Waals surface area contributed by atoms with Crippen LogP contribution in [-0.4, -0.2) is 66.6 Å². The lowest BCUT2D eigenvalue weighted by Gasteiger charge is -2.63. The molecule has 4 fully saturated rings. The van der Waals surface area contributed by atoms with Gasteiger partial charge in [0.15, 0.2) is 17.2 Å². The summed E-state index contributed by atoms with van der Waals surface area (Å²) in [4.78, 5) is 25.4. The number of hydrogen-bond acceptors (Lipinski definition) is 7. The van der Waals surface area contributed by atoms with Crippen LogP contribution in [0.4, 0.5) is 0 Å². The van der Waals surface area contributed by atoms with Crippen LogP contribution in [0.1, 0.15) is 59.3 Å². The van der Waals surface area contributed by atoms with E-state index in [1.807, 2.05) is 13.8 Å². The van der Waals surface area contributed by atoms with Gasteiger partial charge in [0.2, 0.25) is 0 Å². The van der Waals surface area contributed by atoms with Crippen LogP contribution in [0.2, 0.25) is 0 Å². The first-order valence-corrected chi connectivity index (χ1v) is 10.4. The highest BCUT2D eigenvalue weighted by molar-refractivity contribution is 5.90. The Morgan fingerprint density at radius 2 is 1.61 bits per heavy atom. The molecule has 0 aromatic carbocycles. The van der Waals surface area contributed by atoms with Crippen molar-refractivity contribution in [1.82, 2.24) is 0 Å². The third-order valence-electron chi connectivity index (χ3n) is 9.42. The summed E-state index contributed by atoms with van der Waals surface area (Å²) >= 11 is 0. The third-order valence-corrected chi connectivity index (χ3v) is 9.42. The van der Waals surface area contributed by atoms with Gasteiger partial charge in [-0.2, -0.15) is 0 Å². The molecule has 0 spiro atoms. The number of Topliss-reactive ketones (excluding diaryl/α,β-unsaturated/α-hetero) is 2. The monoisotopic (exact) mass is 396 g/mol. The number of rotatable bonds is 1. The van der Waals surface area contributed by atoms with Crippen molar-refractivity contribution in [2.24, 2.45) is 28.6 Å². The van der Waals surface area contributed by atoms with Crippen LogP contribution >= 0.6 is 0 Å². The summed E-state index contributed by atoms with van der Waals surface area (Å²) in [5.41, 5.74) is -5.25. The molecule has 4 aliphatic carbocycles. The Kier molecular flexibility index (Phi) is 4.27. The van der Waals surface area contributed by atoms with E-state index in [0.717, 1.165) is 0 Å². The van der Waals surface area contributed by atoms with Gasteiger partial charge in [-0.15, -0.1) is 0 Å². The van der Waals surface area contributed by atoms with Crippen LogP contribution in [0.3, 0.4) is 0 Å². The molecule has 0 bridgehead atoms. The lowest BCUT2D eigenvalue weighted by atomic mass is 9.42. The Balaban J connectivity index is 1.77. The van der Waals surface area contributed by atoms with E-state index in [9.17, 15) is 35.1 Å². The van der Waals surface area contributed by atoms with E-state index >= 15 is 0 Å². The molecule has 4 aliphatic rings. The van der Waals surface area contributed by atoms with Gasteiger partial charge in [0.05, 0.1) is 18.3 Å². The zero-order valence-corrected chi connectivity index (χ0v) is 16.8. The fourth-order valence-corrected chi connectivity index (χ4v) is 7.70. The van der Waals surface area contributed by atoms with Crippen molar-refractivity contribution in [1.29, 1.82) is 0 Å². The molecular formula is C21H32O7.